The number of nitrogen functional groups attached to an aromatic ring is 1. The maximum absolute atomic E-state index is 6.25. The van der Waals surface area contributed by atoms with E-state index in [1.807, 2.05) is 11.6 Å². The second kappa shape index (κ2) is 6.48. The quantitative estimate of drug-likeness (QED) is 0.901. The zero-order valence-electron chi connectivity index (χ0n) is 13.2. The third-order valence-corrected chi connectivity index (χ3v) is 3.83. The van der Waals surface area contributed by atoms with Gasteiger partial charge in [0.1, 0.15) is 0 Å². The molecule has 1 unspecified atom stereocenters. The molecule has 1 aromatic heterocycles. The smallest absolute Gasteiger partial charge is 0.151 e. The lowest BCUT2D eigenvalue weighted by atomic mass is 10.1. The molecule has 1 aliphatic heterocycles. The van der Waals surface area contributed by atoms with Crippen molar-refractivity contribution in [2.24, 2.45) is 0 Å². The van der Waals surface area contributed by atoms with Crippen LogP contribution >= 0.6 is 0 Å². The molecular formula is C15H28N4O. The summed E-state index contributed by atoms with van der Waals surface area (Å²) in [6.07, 6.45) is 3.68. The Morgan fingerprint density at radius 1 is 1.45 bits per heavy atom. The van der Waals surface area contributed by atoms with Gasteiger partial charge in [0, 0.05) is 25.7 Å². The first kappa shape index (κ1) is 15.2. The minimum absolute atomic E-state index is 0.318. The molecular weight excluding hydrogens is 252 g/mol. The molecule has 5 heteroatoms. The van der Waals surface area contributed by atoms with Gasteiger partial charge in [-0.3, -0.25) is 0 Å². The van der Waals surface area contributed by atoms with Crippen LogP contribution in [-0.2, 0) is 4.74 Å². The van der Waals surface area contributed by atoms with Crippen LogP contribution in [0.3, 0.4) is 0 Å². The number of hydrogen-bond acceptors (Lipinski definition) is 4. The van der Waals surface area contributed by atoms with Gasteiger partial charge in [-0.05, 0) is 40.0 Å². The Morgan fingerprint density at radius 2 is 2.20 bits per heavy atom. The molecule has 2 N–H and O–H groups in total. The highest BCUT2D eigenvalue weighted by Gasteiger charge is 2.26. The van der Waals surface area contributed by atoms with Crippen molar-refractivity contribution in [3.05, 3.63) is 5.69 Å². The molecule has 114 valence electrons. The number of hydrogen-bond donors (Lipinski definition) is 1. The second-order valence-electron chi connectivity index (χ2n) is 5.94. The molecule has 2 heterocycles. The topological polar surface area (TPSA) is 56.3 Å². The molecule has 0 aliphatic carbocycles. The first-order valence-electron chi connectivity index (χ1n) is 7.75. The van der Waals surface area contributed by atoms with Crippen LogP contribution in [0.4, 0.5) is 11.5 Å². The van der Waals surface area contributed by atoms with Gasteiger partial charge >= 0.3 is 0 Å². The summed E-state index contributed by atoms with van der Waals surface area (Å²) in [5.41, 5.74) is 7.99. The molecule has 5 nitrogen and oxygen atoms in total. The van der Waals surface area contributed by atoms with Gasteiger partial charge in [-0.1, -0.05) is 6.92 Å². The lowest BCUT2D eigenvalue weighted by Crippen LogP contribution is -2.41. The van der Waals surface area contributed by atoms with Crippen molar-refractivity contribution < 1.29 is 4.74 Å². The number of aryl methyl sites for hydroxylation is 1. The number of ether oxygens (including phenoxy) is 1. The third kappa shape index (κ3) is 3.08. The highest BCUT2D eigenvalue weighted by molar-refractivity contribution is 5.66. The number of nitrogens with two attached hydrogens (primary N) is 1. The van der Waals surface area contributed by atoms with Crippen LogP contribution < -0.4 is 10.6 Å². The normalized spacial score (nSPS) is 19.9. The fourth-order valence-electron chi connectivity index (χ4n) is 2.77. The number of anilines is 2. The summed E-state index contributed by atoms with van der Waals surface area (Å²) in [6.45, 7) is 11.2. The van der Waals surface area contributed by atoms with Crippen LogP contribution in [0.15, 0.2) is 0 Å². The molecule has 0 spiro atoms. The van der Waals surface area contributed by atoms with Crippen molar-refractivity contribution in [1.29, 1.82) is 0 Å². The zero-order chi connectivity index (χ0) is 14.7. The first-order chi connectivity index (χ1) is 9.54. The van der Waals surface area contributed by atoms with Crippen LogP contribution in [0.5, 0.6) is 0 Å². The van der Waals surface area contributed by atoms with E-state index in [0.29, 0.717) is 12.1 Å². The Balaban J connectivity index is 2.18. The molecule has 0 saturated carbocycles. The van der Waals surface area contributed by atoms with Gasteiger partial charge in [-0.2, -0.15) is 5.10 Å². The Labute approximate surface area is 122 Å². The van der Waals surface area contributed by atoms with Crippen molar-refractivity contribution >= 4 is 11.5 Å². The standard InChI is InChI=1S/C15H28N4O/c1-5-9-20-13-7-6-8-18(10-13)15-14(16)12(4)17-19(15)11(2)3/h11,13H,5-10,16H2,1-4H3. The summed E-state index contributed by atoms with van der Waals surface area (Å²) < 4.78 is 7.97. The van der Waals surface area contributed by atoms with Crippen LogP contribution in [0.2, 0.25) is 0 Å². The molecule has 20 heavy (non-hydrogen) atoms. The number of aromatic nitrogens is 2. The van der Waals surface area contributed by atoms with E-state index in [1.54, 1.807) is 0 Å². The number of piperidine rings is 1. The van der Waals surface area contributed by atoms with Gasteiger partial charge < -0.3 is 15.4 Å². The van der Waals surface area contributed by atoms with Crippen molar-refractivity contribution in [1.82, 2.24) is 9.78 Å². The van der Waals surface area contributed by atoms with Gasteiger partial charge in [0.15, 0.2) is 5.82 Å². The van der Waals surface area contributed by atoms with E-state index in [9.17, 15) is 0 Å². The zero-order valence-corrected chi connectivity index (χ0v) is 13.2. The van der Waals surface area contributed by atoms with E-state index in [2.05, 4.69) is 30.8 Å². The molecule has 2 rings (SSSR count). The molecule has 0 bridgehead atoms. The van der Waals surface area contributed by atoms with Crippen molar-refractivity contribution in [3.8, 4) is 0 Å². The molecule has 0 aromatic carbocycles. The third-order valence-electron chi connectivity index (χ3n) is 3.83. The average Bonchev–Trinajstić information content (AvgIpc) is 2.73. The summed E-state index contributed by atoms with van der Waals surface area (Å²) >= 11 is 0. The minimum Gasteiger partial charge on any atom is -0.394 e. The van der Waals surface area contributed by atoms with E-state index in [4.69, 9.17) is 10.5 Å². The summed E-state index contributed by atoms with van der Waals surface area (Å²) in [6, 6.07) is 0.318. The van der Waals surface area contributed by atoms with E-state index in [-0.39, 0.29) is 0 Å². The minimum atomic E-state index is 0.318. The highest BCUT2D eigenvalue weighted by atomic mass is 16.5. The van der Waals surface area contributed by atoms with Gasteiger partial charge in [-0.15, -0.1) is 0 Å². The summed E-state index contributed by atoms with van der Waals surface area (Å²) in [5.74, 6) is 1.07. The fraction of sp³-hybridized carbons (Fsp3) is 0.800. The van der Waals surface area contributed by atoms with E-state index in [1.165, 1.54) is 0 Å². The Bertz CT molecular complexity index is 441. The van der Waals surface area contributed by atoms with Crippen LogP contribution in [0, 0.1) is 6.92 Å². The fourth-order valence-corrected chi connectivity index (χ4v) is 2.77. The summed E-state index contributed by atoms with van der Waals surface area (Å²) in [7, 11) is 0. The largest absolute Gasteiger partial charge is 0.394 e. The molecule has 1 atom stereocenters. The summed E-state index contributed by atoms with van der Waals surface area (Å²) in [5, 5.41) is 4.58. The lowest BCUT2D eigenvalue weighted by molar-refractivity contribution is 0.0437. The first-order valence-corrected chi connectivity index (χ1v) is 7.75. The Kier molecular flexibility index (Phi) is 4.91. The van der Waals surface area contributed by atoms with Crippen molar-refractivity contribution in [2.45, 2.75) is 59.1 Å². The van der Waals surface area contributed by atoms with Crippen LogP contribution in [0.1, 0.15) is 51.8 Å². The van der Waals surface area contributed by atoms with Gasteiger partial charge in [0.25, 0.3) is 0 Å². The molecule has 1 saturated heterocycles. The molecule has 1 aromatic rings. The van der Waals surface area contributed by atoms with Crippen LogP contribution in [-0.4, -0.2) is 35.6 Å². The lowest BCUT2D eigenvalue weighted by Gasteiger charge is -2.35. The maximum Gasteiger partial charge on any atom is 0.151 e. The highest BCUT2D eigenvalue weighted by Crippen LogP contribution is 2.31. The molecule has 1 aliphatic rings. The predicted octanol–water partition coefficient (Wildman–Crippen LogP) is 2.75. The monoisotopic (exact) mass is 280 g/mol. The van der Waals surface area contributed by atoms with E-state index in [0.717, 1.165) is 56.2 Å². The maximum atomic E-state index is 6.25. The van der Waals surface area contributed by atoms with Crippen LogP contribution in [0.25, 0.3) is 0 Å². The number of rotatable bonds is 5. The van der Waals surface area contributed by atoms with Crippen molar-refractivity contribution in [2.75, 3.05) is 30.3 Å². The Morgan fingerprint density at radius 3 is 2.85 bits per heavy atom. The molecule has 0 radical (unpaired) electrons. The van der Waals surface area contributed by atoms with Gasteiger partial charge in [0.2, 0.25) is 0 Å². The predicted molar refractivity (Wildman–Crippen MR) is 83.2 cm³/mol. The van der Waals surface area contributed by atoms with E-state index >= 15 is 0 Å². The molecule has 1 fully saturated rings. The van der Waals surface area contributed by atoms with Gasteiger partial charge in [0.05, 0.1) is 17.5 Å². The average molecular weight is 280 g/mol. The van der Waals surface area contributed by atoms with Crippen molar-refractivity contribution in [3.63, 3.8) is 0 Å². The Hall–Kier alpha value is -1.23. The van der Waals surface area contributed by atoms with Gasteiger partial charge in [-0.25, -0.2) is 4.68 Å². The summed E-state index contributed by atoms with van der Waals surface area (Å²) in [4.78, 5) is 2.35. The molecule has 0 amide bonds. The second-order valence-corrected chi connectivity index (χ2v) is 5.94. The number of nitrogens with zero attached hydrogens (tertiary/aromatic N) is 3. The SMILES string of the molecule is CCCOC1CCCN(c2c(N)c(C)nn2C(C)C)C1. The van der Waals surface area contributed by atoms with E-state index < -0.39 is 0 Å².